The number of carbonyl (C=O) groups excluding carboxylic acids is 3. The summed E-state index contributed by atoms with van der Waals surface area (Å²) < 4.78 is 5.73. The summed E-state index contributed by atoms with van der Waals surface area (Å²) in [6, 6.07) is 12.3. The van der Waals surface area contributed by atoms with Crippen LogP contribution in [0.4, 0.5) is 15.3 Å². The van der Waals surface area contributed by atoms with Crippen LogP contribution < -0.4 is 27.1 Å². The minimum absolute atomic E-state index is 0.0850. The van der Waals surface area contributed by atoms with E-state index in [1.54, 1.807) is 67.0 Å². The molecule has 0 aliphatic carbocycles. The Bertz CT molecular complexity index is 1250. The van der Waals surface area contributed by atoms with Crippen LogP contribution in [0.15, 0.2) is 76.1 Å². The monoisotopic (exact) mass is 540 g/mol. The number of halogens is 1. The second kappa shape index (κ2) is 12.0. The number of hydrogen-bond donors (Lipinski definition) is 4. The minimum atomic E-state index is -1.05. The van der Waals surface area contributed by atoms with Gasteiger partial charge in [0.2, 0.25) is 6.29 Å². The predicted octanol–water partition coefficient (Wildman–Crippen LogP) is 2.36. The number of nitrogens with zero attached hydrogens (tertiary/aromatic N) is 6. The molecule has 2 aromatic rings. The highest BCUT2D eigenvalue weighted by molar-refractivity contribution is 6.30. The summed E-state index contributed by atoms with van der Waals surface area (Å²) in [4.78, 5) is 44.6. The van der Waals surface area contributed by atoms with Crippen molar-refractivity contribution in [2.24, 2.45) is 27.0 Å². The maximum absolute atomic E-state index is 13.4. The van der Waals surface area contributed by atoms with E-state index in [1.165, 1.54) is 4.90 Å². The number of ether oxygens (including phenoxy) is 1. The molecular formula is C23H25ClN10O4. The van der Waals surface area contributed by atoms with Crippen molar-refractivity contribution in [3.05, 3.63) is 71.4 Å². The fourth-order valence-electron chi connectivity index (χ4n) is 3.66. The Morgan fingerprint density at radius 2 is 1.87 bits per heavy atom. The molecule has 1 saturated heterocycles. The van der Waals surface area contributed by atoms with Gasteiger partial charge in [-0.1, -0.05) is 34.1 Å². The number of aliphatic imine (C=N–C) groups is 1. The van der Waals surface area contributed by atoms with Crippen molar-refractivity contribution < 1.29 is 19.1 Å². The lowest BCUT2D eigenvalue weighted by atomic mass is 10.2. The molecule has 6 N–H and O–H groups in total. The van der Waals surface area contributed by atoms with E-state index >= 15 is 0 Å². The van der Waals surface area contributed by atoms with Crippen molar-refractivity contribution >= 4 is 41.5 Å². The molecule has 1 fully saturated rings. The van der Waals surface area contributed by atoms with Crippen LogP contribution >= 0.6 is 11.6 Å². The number of imide groups is 1. The fourth-order valence-corrected chi connectivity index (χ4v) is 3.79. The summed E-state index contributed by atoms with van der Waals surface area (Å²) >= 11 is 6.00. The zero-order valence-corrected chi connectivity index (χ0v) is 20.7. The number of anilines is 1. The maximum atomic E-state index is 13.4. The van der Waals surface area contributed by atoms with Crippen LogP contribution in [0.2, 0.25) is 5.02 Å². The number of carbonyl (C=O) groups is 3. The van der Waals surface area contributed by atoms with Gasteiger partial charge in [0.1, 0.15) is 5.75 Å². The number of rotatable bonds is 9. The molecule has 2 unspecified atom stereocenters. The third-order valence-corrected chi connectivity index (χ3v) is 5.76. The number of allylic oxidation sites excluding steroid dienone is 1. The lowest BCUT2D eigenvalue weighted by molar-refractivity contribution is -0.118. The quantitative estimate of drug-likeness (QED) is 0.162. The molecule has 15 heteroatoms. The van der Waals surface area contributed by atoms with Gasteiger partial charge in [-0.3, -0.25) is 9.69 Å². The third kappa shape index (κ3) is 6.35. The molecule has 2 aliphatic rings. The van der Waals surface area contributed by atoms with Gasteiger partial charge in [-0.25, -0.2) is 30.3 Å². The van der Waals surface area contributed by atoms with Gasteiger partial charge in [-0.2, -0.15) is 0 Å². The molecule has 0 spiro atoms. The lowest BCUT2D eigenvalue weighted by Crippen LogP contribution is -2.70. The Morgan fingerprint density at radius 1 is 1.13 bits per heavy atom. The van der Waals surface area contributed by atoms with Crippen LogP contribution in [-0.4, -0.2) is 58.2 Å². The first-order valence-corrected chi connectivity index (χ1v) is 11.8. The van der Waals surface area contributed by atoms with Crippen LogP contribution in [0, 0.1) is 0 Å². The first-order valence-electron chi connectivity index (χ1n) is 11.4. The normalized spacial score (nSPS) is 19.2. The van der Waals surface area contributed by atoms with Gasteiger partial charge >= 0.3 is 12.1 Å². The Kier molecular flexibility index (Phi) is 8.35. The SMILES string of the molecule is NN=NC(=O)CCN1C(=O)N(N)C(Nc2ccc(OC3N=CC=CN3)cc2)N(Cc2ccc(Cl)cc2)C1=O. The second-order valence-electron chi connectivity index (χ2n) is 8.07. The molecule has 0 saturated carbocycles. The van der Waals surface area contributed by atoms with Gasteiger partial charge in [0.15, 0.2) is 0 Å². The van der Waals surface area contributed by atoms with Gasteiger partial charge in [0, 0.05) is 36.1 Å². The number of benzene rings is 2. The van der Waals surface area contributed by atoms with Crippen LogP contribution in [0.3, 0.4) is 0 Å². The topological polar surface area (TPSA) is 183 Å². The number of amides is 5. The summed E-state index contributed by atoms with van der Waals surface area (Å²) in [5.74, 6) is 10.9. The molecule has 2 aromatic carbocycles. The Labute approximate surface area is 222 Å². The Balaban J connectivity index is 1.53. The van der Waals surface area contributed by atoms with Crippen molar-refractivity contribution in [1.82, 2.24) is 20.1 Å². The molecule has 2 aliphatic heterocycles. The number of nitrogens with two attached hydrogens (primary N) is 2. The van der Waals surface area contributed by atoms with Crippen molar-refractivity contribution in [2.75, 3.05) is 11.9 Å². The van der Waals surface area contributed by atoms with E-state index in [4.69, 9.17) is 28.0 Å². The van der Waals surface area contributed by atoms with Gasteiger partial charge in [0.05, 0.1) is 6.54 Å². The molecule has 2 atom stereocenters. The average Bonchev–Trinajstić information content (AvgIpc) is 2.92. The molecule has 5 amide bonds. The lowest BCUT2D eigenvalue weighted by Gasteiger charge is -2.45. The van der Waals surface area contributed by atoms with Crippen LogP contribution in [0.25, 0.3) is 0 Å². The molecule has 0 bridgehead atoms. The van der Waals surface area contributed by atoms with E-state index in [0.717, 1.165) is 15.5 Å². The molecule has 2 heterocycles. The van der Waals surface area contributed by atoms with Gasteiger partial charge in [-0.05, 0) is 48.0 Å². The van der Waals surface area contributed by atoms with Crippen LogP contribution in [0.1, 0.15) is 12.0 Å². The average molecular weight is 541 g/mol. The fraction of sp³-hybridized carbons (Fsp3) is 0.217. The van der Waals surface area contributed by atoms with E-state index in [9.17, 15) is 14.4 Å². The van der Waals surface area contributed by atoms with Crippen molar-refractivity contribution in [3.63, 3.8) is 0 Å². The zero-order chi connectivity index (χ0) is 27.1. The smallest absolute Gasteiger partial charge is 0.345 e. The summed E-state index contributed by atoms with van der Waals surface area (Å²) in [6.07, 6.45) is 3.22. The number of hydrogen-bond acceptors (Lipinski definition) is 9. The summed E-state index contributed by atoms with van der Waals surface area (Å²) in [6.45, 7) is -0.173. The zero-order valence-electron chi connectivity index (χ0n) is 20.0. The molecule has 0 aromatic heterocycles. The maximum Gasteiger partial charge on any atom is 0.345 e. The largest absolute Gasteiger partial charge is 0.451 e. The third-order valence-electron chi connectivity index (χ3n) is 5.51. The van der Waals surface area contributed by atoms with E-state index in [-0.39, 0.29) is 19.5 Å². The first kappa shape index (κ1) is 26.4. The highest BCUT2D eigenvalue weighted by Crippen LogP contribution is 2.24. The first-order chi connectivity index (χ1) is 18.4. The summed E-state index contributed by atoms with van der Waals surface area (Å²) in [5.41, 5.74) is 1.30. The summed E-state index contributed by atoms with van der Waals surface area (Å²) in [5, 5.41) is 13.6. The van der Waals surface area contributed by atoms with Crippen LogP contribution in [-0.2, 0) is 11.3 Å². The molecule has 0 radical (unpaired) electrons. The Hall–Kier alpha value is -4.69. The molecule has 38 heavy (non-hydrogen) atoms. The predicted molar refractivity (Wildman–Crippen MR) is 138 cm³/mol. The molecule has 14 nitrogen and oxygen atoms in total. The van der Waals surface area contributed by atoms with E-state index in [1.807, 2.05) is 0 Å². The molecular weight excluding hydrogens is 516 g/mol. The van der Waals surface area contributed by atoms with Crippen molar-refractivity contribution in [2.45, 2.75) is 25.6 Å². The molecule has 4 rings (SSSR count). The standard InChI is InChI=1S/C23H25ClN10O4/c24-16-4-2-15(3-5-16)14-33-21(34(26)23(37)32(22(33)36)13-10-19(35)30-31-25)29-17-6-8-18(9-7-17)38-20-27-11-1-12-28-20/h1-9,11-12,20-21,27,29H,10,13-14,26H2,(H2,25,30,35). The highest BCUT2D eigenvalue weighted by Gasteiger charge is 2.43. The van der Waals surface area contributed by atoms with E-state index in [2.05, 4.69) is 26.0 Å². The van der Waals surface area contributed by atoms with Gasteiger partial charge < -0.3 is 21.2 Å². The number of nitrogens with one attached hydrogen (secondary N) is 2. The van der Waals surface area contributed by atoms with Crippen molar-refractivity contribution in [3.8, 4) is 5.75 Å². The van der Waals surface area contributed by atoms with Gasteiger partial charge in [0.25, 0.3) is 12.3 Å². The summed E-state index contributed by atoms with van der Waals surface area (Å²) in [7, 11) is 0. The highest BCUT2D eigenvalue weighted by atomic mass is 35.5. The van der Waals surface area contributed by atoms with Gasteiger partial charge in [-0.15, -0.1) is 0 Å². The van der Waals surface area contributed by atoms with E-state index in [0.29, 0.717) is 16.5 Å². The van der Waals surface area contributed by atoms with Crippen molar-refractivity contribution in [1.29, 1.82) is 0 Å². The number of hydrazine groups is 1. The minimum Gasteiger partial charge on any atom is -0.451 e. The molecule has 198 valence electrons. The Morgan fingerprint density at radius 3 is 2.53 bits per heavy atom. The second-order valence-corrected chi connectivity index (χ2v) is 8.51. The number of urea groups is 2. The van der Waals surface area contributed by atoms with Crippen LogP contribution in [0.5, 0.6) is 5.75 Å². The van der Waals surface area contributed by atoms with E-state index < -0.39 is 30.6 Å².